The van der Waals surface area contributed by atoms with Crippen molar-refractivity contribution in [1.29, 1.82) is 0 Å². The molecule has 326 valence electrons. The van der Waals surface area contributed by atoms with Gasteiger partial charge in [0.05, 0.1) is 13.2 Å². The van der Waals surface area contributed by atoms with Crippen molar-refractivity contribution in [3.05, 3.63) is 12.2 Å². The Bertz CT molecular complexity index is 917. The third-order valence-corrected chi connectivity index (χ3v) is 11.1. The number of esters is 2. The topological polar surface area (TPSA) is 134 Å². The maximum absolute atomic E-state index is 12.5. The van der Waals surface area contributed by atoms with Crippen LogP contribution in [0, 0.1) is 0 Å². The summed E-state index contributed by atoms with van der Waals surface area (Å²) in [5.74, 6) is -0.827. The molecule has 0 aromatic rings. The molecule has 0 aromatic heterocycles. The molecule has 0 saturated heterocycles. The lowest BCUT2D eigenvalue weighted by atomic mass is 10.0. The molecule has 0 aromatic carbocycles. The van der Waals surface area contributed by atoms with Gasteiger partial charge in [0.1, 0.15) is 6.61 Å². The third kappa shape index (κ3) is 42.2. The van der Waals surface area contributed by atoms with E-state index in [1.54, 1.807) is 0 Å². The second-order valence-corrected chi connectivity index (χ2v) is 17.1. The number of phosphoric acid groups is 1. The monoisotopic (exact) mass is 802 g/mol. The number of allylic oxidation sites excluding steroid dienone is 2. The van der Waals surface area contributed by atoms with Crippen LogP contribution < -0.4 is 5.73 Å². The first-order chi connectivity index (χ1) is 26.8. The molecule has 0 bridgehead atoms. The fourth-order valence-electron chi connectivity index (χ4n) is 6.69. The standard InChI is InChI=1S/C45H88NO8P/c1-3-5-7-9-11-13-15-17-18-19-20-21-22-23-24-25-26-28-29-31-33-35-37-44(47)51-41-43(42-53-55(49,50)52-40-39-46)54-45(48)38-36-34-32-30-27-16-14-12-10-8-6-4-2/h12,14,43H,3-11,13,15-42,46H2,1-2H3,(H,49,50)/b14-12+/t43-/m1/s1. The number of carbonyl (C=O) groups is 2. The zero-order chi connectivity index (χ0) is 40.3. The van der Waals surface area contributed by atoms with Gasteiger partial charge in [-0.1, -0.05) is 193 Å². The average Bonchev–Trinajstić information content (AvgIpc) is 3.17. The minimum atomic E-state index is -4.37. The van der Waals surface area contributed by atoms with Crippen LogP contribution in [0.4, 0.5) is 0 Å². The maximum Gasteiger partial charge on any atom is 0.472 e. The van der Waals surface area contributed by atoms with Gasteiger partial charge in [-0.25, -0.2) is 4.57 Å². The van der Waals surface area contributed by atoms with Crippen LogP contribution in [-0.4, -0.2) is 49.3 Å². The first-order valence-electron chi connectivity index (χ1n) is 23.2. The number of phosphoric ester groups is 1. The molecular weight excluding hydrogens is 713 g/mol. The molecule has 0 aliphatic carbocycles. The normalized spacial score (nSPS) is 13.3. The summed E-state index contributed by atoms with van der Waals surface area (Å²) in [4.78, 5) is 34.9. The fourth-order valence-corrected chi connectivity index (χ4v) is 7.45. The molecular formula is C45H88NO8P. The van der Waals surface area contributed by atoms with Gasteiger partial charge in [0.2, 0.25) is 0 Å². The first-order valence-corrected chi connectivity index (χ1v) is 24.7. The molecule has 9 nitrogen and oxygen atoms in total. The molecule has 0 rings (SSSR count). The molecule has 3 N–H and O–H groups in total. The molecule has 2 atom stereocenters. The lowest BCUT2D eigenvalue weighted by molar-refractivity contribution is -0.161. The van der Waals surface area contributed by atoms with Crippen molar-refractivity contribution in [3.63, 3.8) is 0 Å². The average molecular weight is 802 g/mol. The second-order valence-electron chi connectivity index (χ2n) is 15.6. The first kappa shape index (κ1) is 53.8. The number of hydrogen-bond acceptors (Lipinski definition) is 8. The molecule has 0 saturated carbocycles. The van der Waals surface area contributed by atoms with Gasteiger partial charge in [0.25, 0.3) is 0 Å². The van der Waals surface area contributed by atoms with Crippen LogP contribution in [-0.2, 0) is 32.7 Å². The summed E-state index contributed by atoms with van der Waals surface area (Å²) in [6, 6.07) is 0. The summed E-state index contributed by atoms with van der Waals surface area (Å²) < 4.78 is 32.8. The second kappa shape index (κ2) is 42.4. The van der Waals surface area contributed by atoms with E-state index in [4.69, 9.17) is 24.3 Å². The van der Waals surface area contributed by atoms with E-state index in [-0.39, 0.29) is 38.6 Å². The lowest BCUT2D eigenvalue weighted by Crippen LogP contribution is -2.29. The highest BCUT2D eigenvalue weighted by Gasteiger charge is 2.26. The summed E-state index contributed by atoms with van der Waals surface area (Å²) >= 11 is 0. The number of unbranched alkanes of at least 4 members (excludes halogenated alkanes) is 29. The van der Waals surface area contributed by atoms with Gasteiger partial charge in [0, 0.05) is 19.4 Å². The summed E-state index contributed by atoms with van der Waals surface area (Å²) in [5.41, 5.74) is 5.35. The van der Waals surface area contributed by atoms with Crippen molar-refractivity contribution in [2.75, 3.05) is 26.4 Å². The lowest BCUT2D eigenvalue weighted by Gasteiger charge is -2.19. The highest BCUT2D eigenvalue weighted by atomic mass is 31.2. The van der Waals surface area contributed by atoms with E-state index in [0.717, 1.165) is 57.8 Å². The Morgan fingerprint density at radius 1 is 0.527 bits per heavy atom. The van der Waals surface area contributed by atoms with Crippen molar-refractivity contribution in [3.8, 4) is 0 Å². The van der Waals surface area contributed by atoms with E-state index in [9.17, 15) is 19.0 Å². The molecule has 0 heterocycles. The predicted molar refractivity (Wildman–Crippen MR) is 229 cm³/mol. The van der Waals surface area contributed by atoms with Crippen LogP contribution in [0.15, 0.2) is 12.2 Å². The van der Waals surface area contributed by atoms with Crippen LogP contribution in [0.2, 0.25) is 0 Å². The minimum absolute atomic E-state index is 0.0548. The van der Waals surface area contributed by atoms with E-state index in [1.807, 2.05) is 0 Å². The smallest absolute Gasteiger partial charge is 0.462 e. The van der Waals surface area contributed by atoms with E-state index in [0.29, 0.717) is 6.42 Å². The Morgan fingerprint density at radius 2 is 0.891 bits per heavy atom. The molecule has 0 aliphatic heterocycles. The minimum Gasteiger partial charge on any atom is -0.462 e. The zero-order valence-corrected chi connectivity index (χ0v) is 36.8. The van der Waals surface area contributed by atoms with Gasteiger partial charge in [-0.05, 0) is 38.5 Å². The van der Waals surface area contributed by atoms with Crippen molar-refractivity contribution >= 4 is 19.8 Å². The largest absolute Gasteiger partial charge is 0.472 e. The number of nitrogens with two attached hydrogens (primary N) is 1. The van der Waals surface area contributed by atoms with E-state index in [1.165, 1.54) is 141 Å². The molecule has 0 fully saturated rings. The van der Waals surface area contributed by atoms with E-state index in [2.05, 4.69) is 26.0 Å². The van der Waals surface area contributed by atoms with Gasteiger partial charge in [0.15, 0.2) is 6.10 Å². The molecule has 55 heavy (non-hydrogen) atoms. The summed E-state index contributed by atoms with van der Waals surface area (Å²) in [7, 11) is -4.37. The quantitative estimate of drug-likeness (QED) is 0.0267. The SMILES string of the molecule is CCCCC/C=C/CCCCCCCC(=O)O[C@H](COC(=O)CCCCCCCCCCCCCCCCCCCCCCCC)COP(=O)(O)OCCN. The highest BCUT2D eigenvalue weighted by molar-refractivity contribution is 7.47. The van der Waals surface area contributed by atoms with E-state index < -0.39 is 26.5 Å². The maximum atomic E-state index is 12.5. The summed E-state index contributed by atoms with van der Waals surface area (Å²) in [6.07, 6.45) is 44.0. The third-order valence-electron chi connectivity index (χ3n) is 10.2. The zero-order valence-electron chi connectivity index (χ0n) is 35.9. The Hall–Kier alpha value is -1.25. The highest BCUT2D eigenvalue weighted by Crippen LogP contribution is 2.43. The molecule has 0 aliphatic rings. The molecule has 0 spiro atoms. The summed E-state index contributed by atoms with van der Waals surface area (Å²) in [5, 5.41) is 0. The number of rotatable bonds is 44. The van der Waals surface area contributed by atoms with Crippen LogP contribution in [0.5, 0.6) is 0 Å². The Morgan fingerprint density at radius 3 is 1.33 bits per heavy atom. The van der Waals surface area contributed by atoms with Crippen molar-refractivity contribution < 1.29 is 37.6 Å². The summed E-state index contributed by atoms with van der Waals surface area (Å²) in [6.45, 7) is 3.73. The van der Waals surface area contributed by atoms with Crippen molar-refractivity contribution in [2.45, 2.75) is 238 Å². The van der Waals surface area contributed by atoms with Gasteiger partial charge in [-0.2, -0.15) is 0 Å². The van der Waals surface area contributed by atoms with Gasteiger partial charge in [-0.15, -0.1) is 0 Å². The van der Waals surface area contributed by atoms with Gasteiger partial charge < -0.3 is 20.1 Å². The van der Waals surface area contributed by atoms with Gasteiger partial charge >= 0.3 is 19.8 Å². The predicted octanol–water partition coefficient (Wildman–Crippen LogP) is 13.4. The molecule has 10 heteroatoms. The van der Waals surface area contributed by atoms with E-state index >= 15 is 0 Å². The van der Waals surface area contributed by atoms with Crippen LogP contribution in [0.25, 0.3) is 0 Å². The van der Waals surface area contributed by atoms with Gasteiger partial charge in [-0.3, -0.25) is 18.6 Å². The van der Waals surface area contributed by atoms with Crippen LogP contribution in [0.1, 0.15) is 232 Å². The van der Waals surface area contributed by atoms with Crippen molar-refractivity contribution in [2.24, 2.45) is 5.73 Å². The Balaban J connectivity index is 3.99. The molecule has 0 amide bonds. The molecule has 1 unspecified atom stereocenters. The van der Waals surface area contributed by atoms with Crippen LogP contribution in [0.3, 0.4) is 0 Å². The molecule has 0 radical (unpaired) electrons. The number of carbonyl (C=O) groups excluding carboxylic acids is 2. The fraction of sp³-hybridized carbons (Fsp3) is 0.911. The number of ether oxygens (including phenoxy) is 2. The Labute approximate surface area is 339 Å². The van der Waals surface area contributed by atoms with Crippen LogP contribution >= 0.6 is 7.82 Å². The Kier molecular flexibility index (Phi) is 41.4. The number of hydrogen-bond donors (Lipinski definition) is 2. The van der Waals surface area contributed by atoms with Crippen molar-refractivity contribution in [1.82, 2.24) is 0 Å².